The van der Waals surface area contributed by atoms with E-state index in [-0.39, 0.29) is 28.8 Å². The molecule has 3 aromatic heterocycles. The van der Waals surface area contributed by atoms with Crippen LogP contribution in [0.15, 0.2) is 70.2 Å². The van der Waals surface area contributed by atoms with Crippen molar-refractivity contribution in [2.24, 2.45) is 0 Å². The van der Waals surface area contributed by atoms with Gasteiger partial charge in [0.1, 0.15) is 23.6 Å². The topological polar surface area (TPSA) is 87.5 Å². The second-order valence-electron chi connectivity index (χ2n) is 6.96. The van der Waals surface area contributed by atoms with E-state index in [1.165, 1.54) is 27.3 Å². The Morgan fingerprint density at radius 1 is 1.12 bits per heavy atom. The van der Waals surface area contributed by atoms with Gasteiger partial charge in [-0.15, -0.1) is 0 Å². The van der Waals surface area contributed by atoms with Gasteiger partial charge in [0.25, 0.3) is 5.56 Å². The second-order valence-corrected chi connectivity index (χ2v) is 7.37. The number of methoxy groups -OCH3 is 1. The number of ether oxygens (including phenoxy) is 1. The highest BCUT2D eigenvalue weighted by Gasteiger charge is 2.14. The molecule has 0 saturated heterocycles. The van der Waals surface area contributed by atoms with Crippen molar-refractivity contribution in [3.63, 3.8) is 0 Å². The highest BCUT2D eigenvalue weighted by atomic mass is 35.5. The number of hydrogen-bond donors (Lipinski definition) is 0. The Bertz CT molecular complexity index is 1510. The molecule has 0 saturated carbocycles. The molecule has 0 amide bonds. The SMILES string of the molecule is COc1cccc(-c2cc3c(=O)n(Cc4nc(-c5ccc(F)c(Cl)c5)no4)ccn3n2)c1. The van der Waals surface area contributed by atoms with Crippen LogP contribution in [0.1, 0.15) is 5.89 Å². The summed E-state index contributed by atoms with van der Waals surface area (Å²) in [6, 6.07) is 13.3. The van der Waals surface area contributed by atoms with Crippen LogP contribution in [0.2, 0.25) is 5.02 Å². The van der Waals surface area contributed by atoms with Gasteiger partial charge in [0.05, 0.1) is 17.8 Å². The molecule has 10 heteroatoms. The third-order valence-electron chi connectivity index (χ3n) is 4.92. The molecule has 3 heterocycles. The van der Waals surface area contributed by atoms with Crippen LogP contribution < -0.4 is 10.3 Å². The lowest BCUT2D eigenvalue weighted by molar-refractivity contribution is 0.370. The van der Waals surface area contributed by atoms with Crippen molar-refractivity contribution in [2.75, 3.05) is 7.11 Å². The van der Waals surface area contributed by atoms with Gasteiger partial charge in [0.15, 0.2) is 0 Å². The standard InChI is InChI=1S/C22H15ClFN5O3/c1-31-15-4-2-3-13(9-15)18-11-19-22(30)28(7-8-29(19)26-18)12-20-25-21(27-32-20)14-5-6-17(24)16(23)10-14/h2-11H,12H2,1H3. The van der Waals surface area contributed by atoms with Crippen molar-refractivity contribution in [3.05, 3.63) is 88.0 Å². The maximum absolute atomic E-state index is 13.4. The fourth-order valence-electron chi connectivity index (χ4n) is 3.29. The van der Waals surface area contributed by atoms with E-state index in [0.717, 1.165) is 5.56 Å². The summed E-state index contributed by atoms with van der Waals surface area (Å²) in [5.41, 5.74) is 2.12. The van der Waals surface area contributed by atoms with Crippen molar-refractivity contribution < 1.29 is 13.7 Å². The predicted octanol–water partition coefficient (Wildman–Crippen LogP) is 4.06. The quantitative estimate of drug-likeness (QED) is 0.400. The maximum atomic E-state index is 13.4. The third-order valence-corrected chi connectivity index (χ3v) is 5.21. The van der Waals surface area contributed by atoms with Gasteiger partial charge in [-0.3, -0.25) is 4.79 Å². The highest BCUT2D eigenvalue weighted by Crippen LogP contribution is 2.24. The van der Waals surface area contributed by atoms with Gasteiger partial charge in [-0.05, 0) is 36.4 Å². The molecule has 0 atom stereocenters. The van der Waals surface area contributed by atoms with Gasteiger partial charge < -0.3 is 13.8 Å². The number of halogens is 2. The van der Waals surface area contributed by atoms with E-state index in [2.05, 4.69) is 15.2 Å². The lowest BCUT2D eigenvalue weighted by Crippen LogP contribution is -2.21. The largest absolute Gasteiger partial charge is 0.497 e. The van der Waals surface area contributed by atoms with Crippen molar-refractivity contribution in [2.45, 2.75) is 6.54 Å². The van der Waals surface area contributed by atoms with Crippen molar-refractivity contribution in [3.8, 4) is 28.4 Å². The average molecular weight is 452 g/mol. The summed E-state index contributed by atoms with van der Waals surface area (Å²) in [5.74, 6) is 0.639. The first-order valence-electron chi connectivity index (χ1n) is 9.53. The summed E-state index contributed by atoms with van der Waals surface area (Å²) in [5, 5.41) is 8.33. The summed E-state index contributed by atoms with van der Waals surface area (Å²) in [7, 11) is 1.59. The predicted molar refractivity (Wildman–Crippen MR) is 115 cm³/mol. The van der Waals surface area contributed by atoms with Gasteiger partial charge in [-0.1, -0.05) is 28.9 Å². The summed E-state index contributed by atoms with van der Waals surface area (Å²) in [6.45, 7) is 0.0664. The second kappa shape index (κ2) is 7.93. The van der Waals surface area contributed by atoms with E-state index in [9.17, 15) is 9.18 Å². The zero-order chi connectivity index (χ0) is 22.2. The van der Waals surface area contributed by atoms with E-state index in [4.69, 9.17) is 20.9 Å². The molecule has 160 valence electrons. The molecule has 0 N–H and O–H groups in total. The van der Waals surface area contributed by atoms with Gasteiger partial charge in [-0.25, -0.2) is 8.91 Å². The summed E-state index contributed by atoms with van der Waals surface area (Å²) < 4.78 is 26.9. The Morgan fingerprint density at radius 2 is 2.00 bits per heavy atom. The van der Waals surface area contributed by atoms with Gasteiger partial charge in [0, 0.05) is 23.5 Å². The molecule has 32 heavy (non-hydrogen) atoms. The number of rotatable bonds is 5. The number of nitrogens with zero attached hydrogens (tertiary/aromatic N) is 5. The summed E-state index contributed by atoms with van der Waals surface area (Å²) >= 11 is 5.82. The van der Waals surface area contributed by atoms with Crippen LogP contribution in [0.5, 0.6) is 5.75 Å². The number of aromatic nitrogens is 5. The number of hydrogen-bond acceptors (Lipinski definition) is 6. The van der Waals surface area contributed by atoms with E-state index >= 15 is 0 Å². The molecule has 0 bridgehead atoms. The fourth-order valence-corrected chi connectivity index (χ4v) is 3.47. The zero-order valence-corrected chi connectivity index (χ0v) is 17.5. The van der Waals surface area contributed by atoms with Gasteiger partial charge >= 0.3 is 0 Å². The Morgan fingerprint density at radius 3 is 2.81 bits per heavy atom. The van der Waals surface area contributed by atoms with Gasteiger partial charge in [0.2, 0.25) is 11.7 Å². The normalized spacial score (nSPS) is 11.2. The van der Waals surface area contributed by atoms with Crippen molar-refractivity contribution in [1.29, 1.82) is 0 Å². The zero-order valence-electron chi connectivity index (χ0n) is 16.7. The molecule has 0 aliphatic heterocycles. The van der Waals surface area contributed by atoms with Crippen LogP contribution in [0.3, 0.4) is 0 Å². The first-order valence-corrected chi connectivity index (χ1v) is 9.91. The molecule has 0 unspecified atom stereocenters. The Kier molecular flexibility index (Phi) is 4.95. The molecular formula is C22H15ClFN5O3. The first kappa shape index (κ1) is 20.0. The summed E-state index contributed by atoms with van der Waals surface area (Å²) in [4.78, 5) is 17.3. The van der Waals surface area contributed by atoms with Crippen LogP contribution in [-0.2, 0) is 6.54 Å². The maximum Gasteiger partial charge on any atom is 0.277 e. The van der Waals surface area contributed by atoms with Crippen molar-refractivity contribution in [1.82, 2.24) is 24.3 Å². The molecule has 8 nitrogen and oxygen atoms in total. The Hall–Kier alpha value is -3.98. The highest BCUT2D eigenvalue weighted by molar-refractivity contribution is 6.31. The minimum Gasteiger partial charge on any atom is -0.497 e. The van der Waals surface area contributed by atoms with E-state index in [1.807, 2.05) is 24.3 Å². The Labute approximate surface area is 185 Å². The molecule has 2 aromatic carbocycles. The smallest absolute Gasteiger partial charge is 0.277 e. The molecular weight excluding hydrogens is 437 g/mol. The third kappa shape index (κ3) is 3.63. The summed E-state index contributed by atoms with van der Waals surface area (Å²) in [6.07, 6.45) is 3.27. The molecule has 0 aliphatic carbocycles. The van der Waals surface area contributed by atoms with Crippen LogP contribution in [0.25, 0.3) is 28.2 Å². The van der Waals surface area contributed by atoms with E-state index in [1.54, 1.807) is 25.6 Å². The lowest BCUT2D eigenvalue weighted by Gasteiger charge is -2.02. The van der Waals surface area contributed by atoms with E-state index in [0.29, 0.717) is 22.5 Å². The van der Waals surface area contributed by atoms with Gasteiger partial charge in [-0.2, -0.15) is 10.1 Å². The minimum atomic E-state index is -0.534. The van der Waals surface area contributed by atoms with Crippen LogP contribution in [-0.4, -0.2) is 31.4 Å². The molecule has 0 aliphatic rings. The van der Waals surface area contributed by atoms with Crippen LogP contribution in [0, 0.1) is 5.82 Å². The van der Waals surface area contributed by atoms with Crippen LogP contribution in [0.4, 0.5) is 4.39 Å². The molecule has 5 rings (SSSR count). The molecule has 0 radical (unpaired) electrons. The lowest BCUT2D eigenvalue weighted by atomic mass is 10.1. The fraction of sp³-hybridized carbons (Fsp3) is 0.0909. The minimum absolute atomic E-state index is 0.0388. The Balaban J connectivity index is 1.45. The molecule has 0 fully saturated rings. The van der Waals surface area contributed by atoms with Crippen LogP contribution >= 0.6 is 11.6 Å². The number of fused-ring (bicyclic) bond motifs is 1. The monoisotopic (exact) mass is 451 g/mol. The van der Waals surface area contributed by atoms with Crippen molar-refractivity contribution >= 4 is 17.1 Å². The molecule has 5 aromatic rings. The molecule has 0 spiro atoms. The van der Waals surface area contributed by atoms with E-state index < -0.39 is 5.82 Å². The average Bonchev–Trinajstić information content (AvgIpc) is 3.45. The number of benzene rings is 2. The first-order chi connectivity index (χ1) is 15.5.